The average Bonchev–Trinajstić information content (AvgIpc) is 3.20. The SMILES string of the molecule is O=C(Nc1ccc(Cl)c(Cl)c1)[C@H]1C2CC[C@H](O2)[C@H]1c1cnccn1. The van der Waals surface area contributed by atoms with Crippen LogP contribution >= 0.6 is 23.2 Å². The van der Waals surface area contributed by atoms with Gasteiger partial charge in [0, 0.05) is 30.2 Å². The third kappa shape index (κ3) is 2.77. The summed E-state index contributed by atoms with van der Waals surface area (Å²) in [6.07, 6.45) is 6.77. The molecule has 2 aromatic rings. The molecule has 2 bridgehead atoms. The summed E-state index contributed by atoms with van der Waals surface area (Å²) in [5.41, 5.74) is 1.43. The normalized spacial score (nSPS) is 28.1. The molecule has 2 aliphatic rings. The molecule has 5 nitrogen and oxygen atoms in total. The van der Waals surface area contributed by atoms with Gasteiger partial charge in [-0.25, -0.2) is 0 Å². The number of carbonyl (C=O) groups is 1. The molecular weight excluding hydrogens is 349 g/mol. The minimum Gasteiger partial charge on any atom is -0.373 e. The topological polar surface area (TPSA) is 64.1 Å². The van der Waals surface area contributed by atoms with E-state index in [9.17, 15) is 4.79 Å². The minimum absolute atomic E-state index is 0.0243. The Morgan fingerprint density at radius 1 is 1.17 bits per heavy atom. The van der Waals surface area contributed by atoms with E-state index >= 15 is 0 Å². The summed E-state index contributed by atoms with van der Waals surface area (Å²) >= 11 is 11.9. The number of carbonyl (C=O) groups excluding carboxylic acids is 1. The van der Waals surface area contributed by atoms with E-state index < -0.39 is 0 Å². The van der Waals surface area contributed by atoms with Gasteiger partial charge >= 0.3 is 0 Å². The lowest BCUT2D eigenvalue weighted by Gasteiger charge is -2.26. The lowest BCUT2D eigenvalue weighted by atomic mass is 9.77. The van der Waals surface area contributed by atoms with E-state index in [4.69, 9.17) is 27.9 Å². The molecule has 3 heterocycles. The van der Waals surface area contributed by atoms with Crippen molar-refractivity contribution in [3.63, 3.8) is 0 Å². The number of nitrogens with one attached hydrogen (secondary N) is 1. The Labute approximate surface area is 149 Å². The molecule has 7 heteroatoms. The molecular formula is C17H15Cl2N3O2. The van der Waals surface area contributed by atoms with E-state index in [1.54, 1.807) is 36.8 Å². The first-order valence-electron chi connectivity index (χ1n) is 7.81. The molecule has 0 spiro atoms. The molecule has 0 saturated carbocycles. The summed E-state index contributed by atoms with van der Waals surface area (Å²) in [5.74, 6) is -0.439. The monoisotopic (exact) mass is 363 g/mol. The van der Waals surface area contributed by atoms with E-state index in [0.717, 1.165) is 18.5 Å². The summed E-state index contributed by atoms with van der Waals surface area (Å²) in [6.45, 7) is 0. The summed E-state index contributed by atoms with van der Waals surface area (Å²) in [5, 5.41) is 3.79. The number of benzene rings is 1. The van der Waals surface area contributed by atoms with Crippen LogP contribution in [0.5, 0.6) is 0 Å². The van der Waals surface area contributed by atoms with Crippen molar-refractivity contribution in [3.05, 3.63) is 52.5 Å². The Morgan fingerprint density at radius 2 is 2.00 bits per heavy atom. The van der Waals surface area contributed by atoms with Gasteiger partial charge in [-0.05, 0) is 31.0 Å². The van der Waals surface area contributed by atoms with Gasteiger partial charge in [-0.2, -0.15) is 0 Å². The van der Waals surface area contributed by atoms with Crippen LogP contribution in [0.25, 0.3) is 0 Å². The van der Waals surface area contributed by atoms with Crippen LogP contribution < -0.4 is 5.32 Å². The second-order valence-electron chi connectivity index (χ2n) is 6.09. The Kier molecular flexibility index (Phi) is 4.16. The number of fused-ring (bicyclic) bond motifs is 2. The Hall–Kier alpha value is -1.69. The van der Waals surface area contributed by atoms with E-state index in [2.05, 4.69) is 15.3 Å². The predicted molar refractivity (Wildman–Crippen MR) is 91.2 cm³/mol. The summed E-state index contributed by atoms with van der Waals surface area (Å²) < 4.78 is 5.98. The van der Waals surface area contributed by atoms with Crippen molar-refractivity contribution < 1.29 is 9.53 Å². The smallest absolute Gasteiger partial charge is 0.230 e. The number of halogens is 2. The molecule has 2 aliphatic heterocycles. The maximum Gasteiger partial charge on any atom is 0.230 e. The van der Waals surface area contributed by atoms with Crippen molar-refractivity contribution in [3.8, 4) is 0 Å². The zero-order valence-electron chi connectivity index (χ0n) is 12.7. The van der Waals surface area contributed by atoms with Crippen molar-refractivity contribution in [1.29, 1.82) is 0 Å². The third-order valence-electron chi connectivity index (χ3n) is 4.69. The van der Waals surface area contributed by atoms with Crippen molar-refractivity contribution in [2.75, 3.05) is 5.32 Å². The molecule has 1 aromatic carbocycles. The summed E-state index contributed by atoms with van der Waals surface area (Å²) in [4.78, 5) is 21.4. The van der Waals surface area contributed by atoms with Crippen molar-refractivity contribution >= 4 is 34.8 Å². The molecule has 1 aromatic heterocycles. The second-order valence-corrected chi connectivity index (χ2v) is 6.90. The first kappa shape index (κ1) is 15.8. The molecule has 4 atom stereocenters. The minimum atomic E-state index is -0.282. The second kappa shape index (κ2) is 6.31. The largest absolute Gasteiger partial charge is 0.373 e. The molecule has 1 amide bonds. The number of ether oxygens (including phenoxy) is 1. The third-order valence-corrected chi connectivity index (χ3v) is 5.43. The molecule has 1 N–H and O–H groups in total. The van der Waals surface area contributed by atoms with Gasteiger partial charge in [0.25, 0.3) is 0 Å². The van der Waals surface area contributed by atoms with Crippen molar-refractivity contribution in [2.24, 2.45) is 5.92 Å². The maximum atomic E-state index is 12.9. The Bertz CT molecular complexity index is 772. The Morgan fingerprint density at radius 3 is 2.75 bits per heavy atom. The molecule has 1 unspecified atom stereocenters. The maximum absolute atomic E-state index is 12.9. The van der Waals surface area contributed by atoms with Crippen LogP contribution in [0.4, 0.5) is 5.69 Å². The zero-order valence-corrected chi connectivity index (χ0v) is 14.2. The standard InChI is InChI=1S/C17H15Cl2N3O2/c18-10-2-1-9(7-11(10)19)22-17(23)16-14-4-3-13(24-14)15(16)12-8-20-5-6-21-12/h1-2,5-8,13-16H,3-4H2,(H,22,23)/t13-,14?,15+,16-/m0/s1. The number of aromatic nitrogens is 2. The van der Waals surface area contributed by atoms with E-state index in [0.29, 0.717) is 15.7 Å². The molecule has 0 aliphatic carbocycles. The fourth-order valence-corrected chi connectivity index (χ4v) is 3.97. The highest BCUT2D eigenvalue weighted by Gasteiger charge is 2.53. The molecule has 24 heavy (non-hydrogen) atoms. The average molecular weight is 364 g/mol. The van der Waals surface area contributed by atoms with Gasteiger partial charge in [-0.1, -0.05) is 23.2 Å². The predicted octanol–water partition coefficient (Wildman–Crippen LogP) is 3.68. The van der Waals surface area contributed by atoms with Crippen LogP contribution in [0.2, 0.25) is 10.0 Å². The molecule has 4 rings (SSSR count). The first-order valence-corrected chi connectivity index (χ1v) is 8.56. The summed E-state index contributed by atoms with van der Waals surface area (Å²) in [6, 6.07) is 5.04. The highest BCUT2D eigenvalue weighted by Crippen LogP contribution is 2.48. The fraction of sp³-hybridized carbons (Fsp3) is 0.353. The molecule has 2 fully saturated rings. The van der Waals surface area contributed by atoms with Gasteiger partial charge in [0.05, 0.1) is 33.9 Å². The first-order chi connectivity index (χ1) is 11.6. The van der Waals surface area contributed by atoms with Gasteiger partial charge in [0.1, 0.15) is 0 Å². The van der Waals surface area contributed by atoms with Crippen LogP contribution in [-0.4, -0.2) is 28.1 Å². The van der Waals surface area contributed by atoms with Gasteiger partial charge in [-0.3, -0.25) is 14.8 Å². The molecule has 124 valence electrons. The molecule has 2 saturated heterocycles. The number of hydrogen-bond donors (Lipinski definition) is 1. The quantitative estimate of drug-likeness (QED) is 0.903. The van der Waals surface area contributed by atoms with Crippen molar-refractivity contribution in [1.82, 2.24) is 9.97 Å². The number of hydrogen-bond acceptors (Lipinski definition) is 4. The zero-order chi connectivity index (χ0) is 16.7. The van der Waals surface area contributed by atoms with E-state index in [1.165, 1.54) is 0 Å². The van der Waals surface area contributed by atoms with Gasteiger partial charge in [-0.15, -0.1) is 0 Å². The Balaban J connectivity index is 1.59. The lowest BCUT2D eigenvalue weighted by Crippen LogP contribution is -2.36. The van der Waals surface area contributed by atoms with Crippen LogP contribution in [0.3, 0.4) is 0 Å². The van der Waals surface area contributed by atoms with Crippen molar-refractivity contribution in [2.45, 2.75) is 31.0 Å². The van der Waals surface area contributed by atoms with Crippen LogP contribution in [0.15, 0.2) is 36.8 Å². The number of nitrogens with zero attached hydrogens (tertiary/aromatic N) is 2. The van der Waals surface area contributed by atoms with Gasteiger partial charge in [0.2, 0.25) is 5.91 Å². The fourth-order valence-electron chi connectivity index (χ4n) is 3.67. The number of rotatable bonds is 3. The number of amides is 1. The number of anilines is 1. The van der Waals surface area contributed by atoms with Gasteiger partial charge in [0.15, 0.2) is 0 Å². The van der Waals surface area contributed by atoms with Gasteiger partial charge < -0.3 is 10.1 Å². The summed E-state index contributed by atoms with van der Waals surface area (Å²) in [7, 11) is 0. The van der Waals surface area contributed by atoms with E-state index in [1.807, 2.05) is 0 Å². The van der Waals surface area contributed by atoms with Crippen LogP contribution in [0, 0.1) is 5.92 Å². The highest BCUT2D eigenvalue weighted by molar-refractivity contribution is 6.42. The highest BCUT2D eigenvalue weighted by atomic mass is 35.5. The van der Waals surface area contributed by atoms with E-state index in [-0.39, 0.29) is 30.0 Å². The molecule has 0 radical (unpaired) electrons. The van der Waals surface area contributed by atoms with Crippen LogP contribution in [-0.2, 0) is 9.53 Å². The van der Waals surface area contributed by atoms with Crippen LogP contribution in [0.1, 0.15) is 24.5 Å². The lowest BCUT2D eigenvalue weighted by molar-refractivity contribution is -0.121.